The van der Waals surface area contributed by atoms with Crippen LogP contribution in [0.4, 0.5) is 10.1 Å². The number of para-hydroxylation sites is 1. The molecule has 1 atom stereocenters. The standard InChI is InChI=1S/C29H34FN3O4S/c1-4-18-31-29(35)27(19-23-13-6-5-7-14-23)32(20-24-15-9-10-16-25(24)30)28(34)21-33(38(3,36)37)26-17-11-8-12-22(26)2/h5-17,27H,4,18-21H2,1-3H3,(H,31,35)/t27-/m0/s1. The van der Waals surface area contributed by atoms with Crippen LogP contribution in [0, 0.1) is 12.7 Å². The van der Waals surface area contributed by atoms with Gasteiger partial charge in [0, 0.05) is 25.1 Å². The molecule has 7 nitrogen and oxygen atoms in total. The molecular formula is C29H34FN3O4S. The summed E-state index contributed by atoms with van der Waals surface area (Å²) in [6, 6.07) is 21.1. The summed E-state index contributed by atoms with van der Waals surface area (Å²) in [5.41, 5.74) is 2.08. The molecule has 1 N–H and O–H groups in total. The highest BCUT2D eigenvalue weighted by Crippen LogP contribution is 2.23. The number of hydrogen-bond acceptors (Lipinski definition) is 4. The van der Waals surface area contributed by atoms with E-state index in [0.717, 1.165) is 16.1 Å². The van der Waals surface area contributed by atoms with E-state index >= 15 is 0 Å². The molecular weight excluding hydrogens is 505 g/mol. The number of benzene rings is 3. The summed E-state index contributed by atoms with van der Waals surface area (Å²) < 4.78 is 41.4. The van der Waals surface area contributed by atoms with Gasteiger partial charge in [0.25, 0.3) is 0 Å². The molecule has 0 aliphatic carbocycles. The van der Waals surface area contributed by atoms with Crippen molar-refractivity contribution in [1.29, 1.82) is 0 Å². The molecule has 9 heteroatoms. The summed E-state index contributed by atoms with van der Waals surface area (Å²) in [6.45, 7) is 3.34. The molecule has 0 unspecified atom stereocenters. The third-order valence-electron chi connectivity index (χ3n) is 6.18. The predicted molar refractivity (Wildman–Crippen MR) is 148 cm³/mol. The molecule has 0 radical (unpaired) electrons. The monoisotopic (exact) mass is 539 g/mol. The maximum absolute atomic E-state index is 14.7. The minimum absolute atomic E-state index is 0.180. The van der Waals surface area contributed by atoms with Crippen molar-refractivity contribution in [2.24, 2.45) is 0 Å². The lowest BCUT2D eigenvalue weighted by Crippen LogP contribution is -2.53. The lowest BCUT2D eigenvalue weighted by atomic mass is 10.0. The summed E-state index contributed by atoms with van der Waals surface area (Å²) in [4.78, 5) is 28.6. The van der Waals surface area contributed by atoms with Gasteiger partial charge in [-0.1, -0.05) is 73.7 Å². The van der Waals surface area contributed by atoms with Crippen LogP contribution in [-0.2, 0) is 32.6 Å². The highest BCUT2D eigenvalue weighted by molar-refractivity contribution is 7.92. The summed E-state index contributed by atoms with van der Waals surface area (Å²) in [7, 11) is -3.86. The minimum atomic E-state index is -3.86. The van der Waals surface area contributed by atoms with E-state index in [0.29, 0.717) is 24.2 Å². The number of anilines is 1. The van der Waals surface area contributed by atoms with Gasteiger partial charge in [-0.2, -0.15) is 0 Å². The van der Waals surface area contributed by atoms with E-state index in [1.807, 2.05) is 37.3 Å². The first-order chi connectivity index (χ1) is 18.1. The van der Waals surface area contributed by atoms with Crippen molar-refractivity contribution in [3.8, 4) is 0 Å². The molecule has 0 fully saturated rings. The molecule has 0 spiro atoms. The first-order valence-electron chi connectivity index (χ1n) is 12.5. The van der Waals surface area contributed by atoms with E-state index < -0.39 is 34.3 Å². The fraction of sp³-hybridized carbons (Fsp3) is 0.310. The highest BCUT2D eigenvalue weighted by atomic mass is 32.2. The first kappa shape index (κ1) is 28.8. The van der Waals surface area contributed by atoms with Gasteiger partial charge in [-0.25, -0.2) is 12.8 Å². The third kappa shape index (κ3) is 7.64. The second-order valence-electron chi connectivity index (χ2n) is 9.17. The van der Waals surface area contributed by atoms with Crippen LogP contribution in [0.2, 0.25) is 0 Å². The molecule has 2 amide bonds. The normalized spacial score (nSPS) is 12.0. The zero-order valence-corrected chi connectivity index (χ0v) is 22.7. The second-order valence-corrected chi connectivity index (χ2v) is 11.1. The van der Waals surface area contributed by atoms with E-state index in [1.54, 1.807) is 49.4 Å². The maximum atomic E-state index is 14.7. The van der Waals surface area contributed by atoms with Crippen molar-refractivity contribution in [2.45, 2.75) is 39.3 Å². The maximum Gasteiger partial charge on any atom is 0.244 e. The van der Waals surface area contributed by atoms with Gasteiger partial charge in [0.15, 0.2) is 0 Å². The van der Waals surface area contributed by atoms with E-state index in [1.165, 1.54) is 11.0 Å². The smallest absolute Gasteiger partial charge is 0.244 e. The fourth-order valence-electron chi connectivity index (χ4n) is 4.17. The largest absolute Gasteiger partial charge is 0.354 e. The number of nitrogens with one attached hydrogen (secondary N) is 1. The molecule has 202 valence electrons. The van der Waals surface area contributed by atoms with E-state index in [2.05, 4.69) is 5.32 Å². The van der Waals surface area contributed by atoms with Gasteiger partial charge in [0.05, 0.1) is 11.9 Å². The Morgan fingerprint density at radius 2 is 1.58 bits per heavy atom. The molecule has 3 aromatic carbocycles. The van der Waals surface area contributed by atoms with Crippen molar-refractivity contribution < 1.29 is 22.4 Å². The predicted octanol–water partition coefficient (Wildman–Crippen LogP) is 4.07. The SMILES string of the molecule is CCCNC(=O)[C@H](Cc1ccccc1)N(Cc1ccccc1F)C(=O)CN(c1ccccc1C)S(C)(=O)=O. The average Bonchev–Trinajstić information content (AvgIpc) is 2.89. The fourth-order valence-corrected chi connectivity index (χ4v) is 5.08. The van der Waals surface area contributed by atoms with Gasteiger partial charge in [0.2, 0.25) is 21.8 Å². The molecule has 0 saturated carbocycles. The lowest BCUT2D eigenvalue weighted by molar-refractivity contribution is -0.140. The van der Waals surface area contributed by atoms with Crippen LogP contribution in [0.25, 0.3) is 0 Å². The molecule has 0 aromatic heterocycles. The number of sulfonamides is 1. The van der Waals surface area contributed by atoms with Crippen molar-refractivity contribution in [2.75, 3.05) is 23.7 Å². The Morgan fingerprint density at radius 1 is 0.947 bits per heavy atom. The second kappa shape index (κ2) is 13.2. The van der Waals surface area contributed by atoms with Gasteiger partial charge >= 0.3 is 0 Å². The Hall–Kier alpha value is -3.72. The summed E-state index contributed by atoms with van der Waals surface area (Å²) in [6.07, 6.45) is 1.91. The van der Waals surface area contributed by atoms with Crippen LogP contribution in [0.15, 0.2) is 78.9 Å². The van der Waals surface area contributed by atoms with Crippen LogP contribution in [0.3, 0.4) is 0 Å². The number of nitrogens with zero attached hydrogens (tertiary/aromatic N) is 2. The Labute approximate surface area is 224 Å². The van der Waals surface area contributed by atoms with E-state index in [9.17, 15) is 22.4 Å². The summed E-state index contributed by atoms with van der Waals surface area (Å²) in [5.74, 6) is -1.52. The van der Waals surface area contributed by atoms with Gasteiger partial charge in [-0.15, -0.1) is 0 Å². The average molecular weight is 540 g/mol. The molecule has 3 aromatic rings. The van der Waals surface area contributed by atoms with E-state index in [4.69, 9.17) is 0 Å². The Balaban J connectivity index is 2.06. The molecule has 38 heavy (non-hydrogen) atoms. The van der Waals surface area contributed by atoms with Crippen molar-refractivity contribution in [3.05, 3.63) is 101 Å². The summed E-state index contributed by atoms with van der Waals surface area (Å²) in [5, 5.41) is 2.85. The number of hydrogen-bond donors (Lipinski definition) is 1. The zero-order chi connectivity index (χ0) is 27.7. The lowest BCUT2D eigenvalue weighted by Gasteiger charge is -2.33. The highest BCUT2D eigenvalue weighted by Gasteiger charge is 2.33. The number of carbonyl (C=O) groups is 2. The molecule has 0 aliphatic rings. The van der Waals surface area contributed by atoms with Crippen LogP contribution in [0.5, 0.6) is 0 Å². The first-order valence-corrected chi connectivity index (χ1v) is 14.3. The van der Waals surface area contributed by atoms with E-state index in [-0.39, 0.29) is 24.4 Å². The van der Waals surface area contributed by atoms with Gasteiger partial charge < -0.3 is 10.2 Å². The Morgan fingerprint density at radius 3 is 2.21 bits per heavy atom. The van der Waals surface area contributed by atoms with Crippen molar-refractivity contribution in [1.82, 2.24) is 10.2 Å². The quantitative estimate of drug-likeness (QED) is 0.376. The van der Waals surface area contributed by atoms with Crippen molar-refractivity contribution >= 4 is 27.5 Å². The molecule has 0 aliphatic heterocycles. The van der Waals surface area contributed by atoms with Crippen LogP contribution >= 0.6 is 0 Å². The van der Waals surface area contributed by atoms with Crippen LogP contribution < -0.4 is 9.62 Å². The molecule has 3 rings (SSSR count). The van der Waals surface area contributed by atoms with Crippen LogP contribution in [-0.4, -0.2) is 50.5 Å². The minimum Gasteiger partial charge on any atom is -0.354 e. The molecule has 0 saturated heterocycles. The van der Waals surface area contributed by atoms with Crippen molar-refractivity contribution in [3.63, 3.8) is 0 Å². The van der Waals surface area contributed by atoms with Crippen LogP contribution in [0.1, 0.15) is 30.0 Å². The molecule has 0 heterocycles. The number of amides is 2. The number of halogens is 1. The molecule has 0 bridgehead atoms. The Bertz CT molecular complexity index is 1350. The summed E-state index contributed by atoms with van der Waals surface area (Å²) >= 11 is 0. The van der Waals surface area contributed by atoms with Gasteiger partial charge in [-0.05, 0) is 36.6 Å². The topological polar surface area (TPSA) is 86.8 Å². The zero-order valence-electron chi connectivity index (χ0n) is 21.9. The third-order valence-corrected chi connectivity index (χ3v) is 7.31. The van der Waals surface area contributed by atoms with Gasteiger partial charge in [0.1, 0.15) is 18.4 Å². The number of aryl methyl sites for hydroxylation is 1. The number of carbonyl (C=O) groups excluding carboxylic acids is 2. The number of rotatable bonds is 12. The van der Waals surface area contributed by atoms with Gasteiger partial charge in [-0.3, -0.25) is 13.9 Å². The Kier molecular flexibility index (Phi) is 10.0.